The van der Waals surface area contributed by atoms with Crippen molar-refractivity contribution < 1.29 is 14.5 Å². The van der Waals surface area contributed by atoms with Gasteiger partial charge < -0.3 is 14.6 Å². The minimum atomic E-state index is -0.425. The second-order valence-electron chi connectivity index (χ2n) is 6.08. The summed E-state index contributed by atoms with van der Waals surface area (Å²) in [5.41, 5.74) is 1.53. The molecule has 0 radical (unpaired) electrons. The average molecular weight is 413 g/mol. The Morgan fingerprint density at radius 3 is 2.48 bits per heavy atom. The number of hydrogen-bond donors (Lipinski definition) is 1. The molecule has 150 valence electrons. The molecule has 0 saturated carbocycles. The van der Waals surface area contributed by atoms with Gasteiger partial charge in [0.05, 0.1) is 18.6 Å². The molecule has 0 aliphatic heterocycles. The second-order valence-corrected chi connectivity index (χ2v) is 7.02. The highest BCUT2D eigenvalue weighted by atomic mass is 32.2. The number of thioether (sulfide) groups is 1. The number of carbonyl (C=O) groups is 1. The van der Waals surface area contributed by atoms with Crippen LogP contribution in [-0.4, -0.2) is 32.7 Å². The molecule has 0 saturated heterocycles. The zero-order chi connectivity index (χ0) is 20.8. The van der Waals surface area contributed by atoms with Crippen molar-refractivity contribution in [1.82, 2.24) is 20.1 Å². The summed E-state index contributed by atoms with van der Waals surface area (Å²) in [6.45, 7) is 0.243. The lowest BCUT2D eigenvalue weighted by Crippen LogP contribution is -2.24. The molecule has 3 aromatic rings. The number of non-ortho nitro benzene ring substituents is 1. The van der Waals surface area contributed by atoms with Crippen LogP contribution in [0.25, 0.3) is 0 Å². The van der Waals surface area contributed by atoms with E-state index in [2.05, 4.69) is 15.5 Å². The number of nitrogens with one attached hydrogen (secondary N) is 1. The van der Waals surface area contributed by atoms with Gasteiger partial charge in [-0.15, -0.1) is 10.2 Å². The minimum Gasteiger partial charge on any atom is -0.497 e. The fourth-order valence-corrected chi connectivity index (χ4v) is 3.38. The van der Waals surface area contributed by atoms with Gasteiger partial charge in [0.1, 0.15) is 5.75 Å². The fraction of sp³-hybridized carbons (Fsp3) is 0.211. The van der Waals surface area contributed by atoms with Crippen LogP contribution < -0.4 is 10.1 Å². The second kappa shape index (κ2) is 9.20. The third-order valence-corrected chi connectivity index (χ3v) is 5.29. The van der Waals surface area contributed by atoms with Crippen molar-refractivity contribution in [1.29, 1.82) is 0 Å². The quantitative estimate of drug-likeness (QED) is 0.343. The third-order valence-electron chi connectivity index (χ3n) is 4.20. The number of amides is 1. The Morgan fingerprint density at radius 2 is 1.86 bits per heavy atom. The highest BCUT2D eigenvalue weighted by Gasteiger charge is 2.12. The summed E-state index contributed by atoms with van der Waals surface area (Å²) in [6, 6.07) is 13.2. The third kappa shape index (κ3) is 5.11. The maximum absolute atomic E-state index is 12.3. The lowest BCUT2D eigenvalue weighted by Gasteiger charge is -2.07. The topological polar surface area (TPSA) is 112 Å². The smallest absolute Gasteiger partial charge is 0.269 e. The monoisotopic (exact) mass is 413 g/mol. The Hall–Kier alpha value is -3.40. The zero-order valence-electron chi connectivity index (χ0n) is 15.9. The van der Waals surface area contributed by atoms with Crippen LogP contribution in [0.15, 0.2) is 53.7 Å². The summed E-state index contributed by atoms with van der Waals surface area (Å²) in [7, 11) is 3.40. The van der Waals surface area contributed by atoms with Crippen LogP contribution in [0.2, 0.25) is 0 Å². The number of nitrogens with zero attached hydrogens (tertiary/aromatic N) is 4. The average Bonchev–Trinajstić information content (AvgIpc) is 3.10. The molecule has 0 fully saturated rings. The molecule has 0 unspecified atom stereocenters. The SMILES string of the molecule is COc1ccc(C(=O)NCc2nnc(SCc3ccc([N+](=O)[O-])cc3)n2C)cc1. The molecule has 0 spiro atoms. The number of benzene rings is 2. The largest absolute Gasteiger partial charge is 0.497 e. The zero-order valence-corrected chi connectivity index (χ0v) is 16.7. The molecule has 0 aliphatic carbocycles. The summed E-state index contributed by atoms with van der Waals surface area (Å²) in [5, 5.41) is 22.5. The van der Waals surface area contributed by atoms with Gasteiger partial charge in [0.25, 0.3) is 11.6 Å². The van der Waals surface area contributed by atoms with Crippen molar-refractivity contribution in [3.63, 3.8) is 0 Å². The van der Waals surface area contributed by atoms with E-state index in [1.54, 1.807) is 43.5 Å². The Kier molecular flexibility index (Phi) is 6.45. The maximum Gasteiger partial charge on any atom is 0.269 e. The van der Waals surface area contributed by atoms with Crippen molar-refractivity contribution in [3.8, 4) is 5.75 Å². The molecular weight excluding hydrogens is 394 g/mol. The first kappa shape index (κ1) is 20.3. The highest BCUT2D eigenvalue weighted by molar-refractivity contribution is 7.98. The molecular formula is C19H19N5O4S. The fourth-order valence-electron chi connectivity index (χ4n) is 2.49. The molecule has 10 heteroatoms. The molecule has 0 bridgehead atoms. The lowest BCUT2D eigenvalue weighted by molar-refractivity contribution is -0.384. The standard InChI is InChI=1S/C19H19N5O4S/c1-23-17(11-20-18(25)14-5-9-16(28-2)10-6-14)21-22-19(23)29-12-13-3-7-15(8-4-13)24(26)27/h3-10H,11-12H2,1-2H3,(H,20,25). The van der Waals surface area contributed by atoms with E-state index >= 15 is 0 Å². The molecule has 3 rings (SSSR count). The first-order valence-electron chi connectivity index (χ1n) is 8.64. The van der Waals surface area contributed by atoms with Crippen LogP contribution in [0.1, 0.15) is 21.7 Å². The molecule has 2 aromatic carbocycles. The van der Waals surface area contributed by atoms with Gasteiger partial charge in [-0.1, -0.05) is 23.9 Å². The van der Waals surface area contributed by atoms with Crippen LogP contribution in [0.3, 0.4) is 0 Å². The minimum absolute atomic E-state index is 0.0623. The van der Waals surface area contributed by atoms with Crippen LogP contribution in [-0.2, 0) is 19.3 Å². The molecule has 1 heterocycles. The number of nitro groups is 1. The summed E-state index contributed by atoms with van der Waals surface area (Å²) in [4.78, 5) is 22.5. The first-order chi connectivity index (χ1) is 14.0. The van der Waals surface area contributed by atoms with Crippen LogP contribution in [0, 0.1) is 10.1 Å². The summed E-state index contributed by atoms with van der Waals surface area (Å²) in [6.07, 6.45) is 0. The summed E-state index contributed by atoms with van der Waals surface area (Å²) < 4.78 is 6.89. The predicted octanol–water partition coefficient (Wildman–Crippen LogP) is 2.95. The van der Waals surface area contributed by atoms with E-state index in [0.717, 1.165) is 5.56 Å². The van der Waals surface area contributed by atoms with Gasteiger partial charge in [0.15, 0.2) is 11.0 Å². The number of carbonyl (C=O) groups excluding carboxylic acids is 1. The van der Waals surface area contributed by atoms with E-state index in [1.807, 2.05) is 11.6 Å². The molecule has 9 nitrogen and oxygen atoms in total. The van der Waals surface area contributed by atoms with Gasteiger partial charge in [-0.3, -0.25) is 14.9 Å². The molecule has 1 amide bonds. The van der Waals surface area contributed by atoms with Gasteiger partial charge in [0.2, 0.25) is 0 Å². The van der Waals surface area contributed by atoms with Gasteiger partial charge in [-0.05, 0) is 29.8 Å². The van der Waals surface area contributed by atoms with Gasteiger partial charge in [-0.2, -0.15) is 0 Å². The van der Waals surface area contributed by atoms with Gasteiger partial charge >= 0.3 is 0 Å². The molecule has 0 atom stereocenters. The Morgan fingerprint density at radius 1 is 1.17 bits per heavy atom. The van der Waals surface area contributed by atoms with E-state index in [4.69, 9.17) is 4.74 Å². The van der Waals surface area contributed by atoms with E-state index in [-0.39, 0.29) is 18.1 Å². The number of rotatable bonds is 8. The first-order valence-corrected chi connectivity index (χ1v) is 9.63. The number of methoxy groups -OCH3 is 1. The van der Waals surface area contributed by atoms with Crippen LogP contribution in [0.5, 0.6) is 5.75 Å². The van der Waals surface area contributed by atoms with E-state index in [1.165, 1.54) is 23.9 Å². The van der Waals surface area contributed by atoms with Crippen LogP contribution in [0.4, 0.5) is 5.69 Å². The Bertz CT molecular complexity index is 1000. The van der Waals surface area contributed by atoms with E-state index < -0.39 is 4.92 Å². The number of hydrogen-bond acceptors (Lipinski definition) is 7. The van der Waals surface area contributed by atoms with Crippen molar-refractivity contribution in [2.75, 3.05) is 7.11 Å². The number of nitro benzene ring substituents is 1. The highest BCUT2D eigenvalue weighted by Crippen LogP contribution is 2.22. The van der Waals surface area contributed by atoms with Gasteiger partial charge in [-0.25, -0.2) is 0 Å². The van der Waals surface area contributed by atoms with Crippen molar-refractivity contribution >= 4 is 23.4 Å². The summed E-state index contributed by atoms with van der Waals surface area (Å²) >= 11 is 1.46. The van der Waals surface area contributed by atoms with E-state index in [9.17, 15) is 14.9 Å². The number of ether oxygens (including phenoxy) is 1. The maximum atomic E-state index is 12.3. The molecule has 1 aromatic heterocycles. The van der Waals surface area contributed by atoms with Gasteiger partial charge in [0, 0.05) is 30.5 Å². The van der Waals surface area contributed by atoms with Crippen molar-refractivity contribution in [2.45, 2.75) is 17.5 Å². The molecule has 29 heavy (non-hydrogen) atoms. The summed E-state index contributed by atoms with van der Waals surface area (Å²) in [5.74, 6) is 1.70. The number of aromatic nitrogens is 3. The Labute approximate surface area is 171 Å². The predicted molar refractivity (Wildman–Crippen MR) is 108 cm³/mol. The molecule has 0 aliphatic rings. The molecule has 1 N–H and O–H groups in total. The normalized spacial score (nSPS) is 10.6. The lowest BCUT2D eigenvalue weighted by atomic mass is 10.2. The Balaban J connectivity index is 1.55. The van der Waals surface area contributed by atoms with Crippen molar-refractivity contribution in [3.05, 3.63) is 75.6 Å². The van der Waals surface area contributed by atoms with Crippen LogP contribution >= 0.6 is 11.8 Å². The van der Waals surface area contributed by atoms with Crippen molar-refractivity contribution in [2.24, 2.45) is 7.05 Å². The van der Waals surface area contributed by atoms with E-state index in [0.29, 0.717) is 28.0 Å².